The fraction of sp³-hybridized carbons (Fsp3) is 0.368. The summed E-state index contributed by atoms with van der Waals surface area (Å²) < 4.78 is 69.2. The van der Waals surface area contributed by atoms with E-state index in [2.05, 4.69) is 30.0 Å². The summed E-state index contributed by atoms with van der Waals surface area (Å²) in [6.45, 7) is 2.25. The van der Waals surface area contributed by atoms with Crippen molar-refractivity contribution in [2.45, 2.75) is 25.9 Å². The highest BCUT2D eigenvalue weighted by Crippen LogP contribution is 2.31. The summed E-state index contributed by atoms with van der Waals surface area (Å²) in [4.78, 5) is 18.3. The first-order valence-electron chi connectivity index (χ1n) is 9.89. The Morgan fingerprint density at radius 1 is 1.22 bits per heavy atom. The standard InChI is InChI=1S/C19H20F3N7O2S/c1-2-7-32(30,31)28-13-4-3-12(21)16(15(13)22)26-18-17-14(24-10-25-18)8-23-19(27-17)29-6-5-11(20)9-29/h3-4,8,10-11,28H,2,5-7,9H2,1H3,(H,24,25,26)/t11-/m1/s1. The van der Waals surface area contributed by atoms with Crippen molar-refractivity contribution in [3.8, 4) is 0 Å². The zero-order valence-corrected chi connectivity index (χ0v) is 17.8. The third kappa shape index (κ3) is 4.52. The maximum atomic E-state index is 15.0. The third-order valence-corrected chi connectivity index (χ3v) is 6.33. The SMILES string of the molecule is CCCS(=O)(=O)Nc1ccc(F)c(Nc2ncnc3cnc(N4CC[C@@H](F)C4)nc23)c1F. The molecule has 0 saturated carbocycles. The lowest BCUT2D eigenvalue weighted by atomic mass is 10.2. The van der Waals surface area contributed by atoms with Crippen LogP contribution in [0.1, 0.15) is 19.8 Å². The monoisotopic (exact) mass is 467 g/mol. The first-order valence-corrected chi connectivity index (χ1v) is 11.5. The first kappa shape index (κ1) is 22.0. The molecule has 2 N–H and O–H groups in total. The minimum atomic E-state index is -3.79. The van der Waals surface area contributed by atoms with Crippen molar-refractivity contribution in [1.29, 1.82) is 0 Å². The van der Waals surface area contributed by atoms with Crippen LogP contribution in [0.4, 0.5) is 36.3 Å². The third-order valence-electron chi connectivity index (χ3n) is 4.85. The molecule has 1 aliphatic heterocycles. The van der Waals surface area contributed by atoms with Gasteiger partial charge >= 0.3 is 0 Å². The summed E-state index contributed by atoms with van der Waals surface area (Å²) in [5, 5.41) is 2.55. The number of halogens is 3. The zero-order chi connectivity index (χ0) is 22.9. The van der Waals surface area contributed by atoms with Crippen molar-refractivity contribution in [2.24, 2.45) is 0 Å². The van der Waals surface area contributed by atoms with Crippen LogP contribution >= 0.6 is 0 Å². The van der Waals surface area contributed by atoms with Crippen molar-refractivity contribution < 1.29 is 21.6 Å². The van der Waals surface area contributed by atoms with Crippen molar-refractivity contribution >= 4 is 44.2 Å². The Kier molecular flexibility index (Phi) is 6.00. The van der Waals surface area contributed by atoms with Crippen LogP contribution in [0.5, 0.6) is 0 Å². The summed E-state index contributed by atoms with van der Waals surface area (Å²) in [7, 11) is -3.79. The second-order valence-electron chi connectivity index (χ2n) is 7.29. The Morgan fingerprint density at radius 2 is 2.03 bits per heavy atom. The van der Waals surface area contributed by atoms with E-state index in [0.717, 1.165) is 12.1 Å². The molecule has 1 atom stereocenters. The van der Waals surface area contributed by atoms with Gasteiger partial charge in [-0.25, -0.2) is 41.5 Å². The molecule has 0 spiro atoms. The Bertz CT molecular complexity index is 1260. The summed E-state index contributed by atoms with van der Waals surface area (Å²) in [6.07, 6.45) is 2.29. The number of nitrogens with one attached hydrogen (secondary N) is 2. The van der Waals surface area contributed by atoms with E-state index in [-0.39, 0.29) is 29.6 Å². The van der Waals surface area contributed by atoms with Gasteiger partial charge in [-0.05, 0) is 25.0 Å². The molecule has 170 valence electrons. The van der Waals surface area contributed by atoms with Crippen molar-refractivity contribution in [3.63, 3.8) is 0 Å². The van der Waals surface area contributed by atoms with Gasteiger partial charge in [0.2, 0.25) is 16.0 Å². The lowest BCUT2D eigenvalue weighted by Crippen LogP contribution is -2.22. The van der Waals surface area contributed by atoms with E-state index in [1.165, 1.54) is 12.5 Å². The maximum Gasteiger partial charge on any atom is 0.232 e. The fourth-order valence-electron chi connectivity index (χ4n) is 3.34. The maximum absolute atomic E-state index is 15.0. The van der Waals surface area contributed by atoms with Crippen LogP contribution < -0.4 is 14.9 Å². The lowest BCUT2D eigenvalue weighted by molar-refractivity contribution is 0.364. The molecular weight excluding hydrogens is 447 g/mol. The van der Waals surface area contributed by atoms with Gasteiger partial charge in [0.25, 0.3) is 0 Å². The molecule has 9 nitrogen and oxygen atoms in total. The average Bonchev–Trinajstić information content (AvgIpc) is 3.19. The van der Waals surface area contributed by atoms with E-state index in [4.69, 9.17) is 0 Å². The number of fused-ring (bicyclic) bond motifs is 1. The number of rotatable bonds is 7. The molecule has 3 aromatic rings. The highest BCUT2D eigenvalue weighted by atomic mass is 32.2. The molecule has 1 aliphatic rings. The van der Waals surface area contributed by atoms with E-state index in [9.17, 15) is 17.2 Å². The molecule has 1 saturated heterocycles. The lowest BCUT2D eigenvalue weighted by Gasteiger charge is -2.16. The van der Waals surface area contributed by atoms with Gasteiger partial charge in [0.1, 0.15) is 35.0 Å². The Labute approximate surface area is 182 Å². The summed E-state index contributed by atoms with van der Waals surface area (Å²) in [6, 6.07) is 1.94. The van der Waals surface area contributed by atoms with E-state index in [1.807, 2.05) is 0 Å². The summed E-state index contributed by atoms with van der Waals surface area (Å²) >= 11 is 0. The Morgan fingerprint density at radius 3 is 2.75 bits per heavy atom. The van der Waals surface area contributed by atoms with Gasteiger partial charge in [-0.15, -0.1) is 0 Å². The van der Waals surface area contributed by atoms with Crippen LogP contribution in [0.2, 0.25) is 0 Å². The van der Waals surface area contributed by atoms with E-state index < -0.39 is 39.2 Å². The number of hydrogen-bond donors (Lipinski definition) is 2. The van der Waals surface area contributed by atoms with E-state index in [1.54, 1.807) is 11.8 Å². The topological polar surface area (TPSA) is 113 Å². The highest BCUT2D eigenvalue weighted by Gasteiger charge is 2.25. The molecule has 2 aromatic heterocycles. The van der Waals surface area contributed by atoms with Crippen LogP contribution in [0.15, 0.2) is 24.7 Å². The van der Waals surface area contributed by atoms with Gasteiger partial charge in [0, 0.05) is 6.54 Å². The van der Waals surface area contributed by atoms with E-state index in [0.29, 0.717) is 24.9 Å². The molecular formula is C19H20F3N7O2S. The molecule has 32 heavy (non-hydrogen) atoms. The largest absolute Gasteiger partial charge is 0.338 e. The van der Waals surface area contributed by atoms with Gasteiger partial charge in [-0.3, -0.25) is 4.72 Å². The molecule has 0 radical (unpaired) electrons. The van der Waals surface area contributed by atoms with Crippen LogP contribution in [-0.4, -0.2) is 53.4 Å². The second-order valence-corrected chi connectivity index (χ2v) is 9.13. The molecule has 0 unspecified atom stereocenters. The van der Waals surface area contributed by atoms with Gasteiger partial charge in [0.05, 0.1) is 24.2 Å². The molecule has 1 fully saturated rings. The molecule has 0 bridgehead atoms. The van der Waals surface area contributed by atoms with Crippen molar-refractivity contribution in [1.82, 2.24) is 19.9 Å². The van der Waals surface area contributed by atoms with Gasteiger partial charge in [0.15, 0.2) is 11.6 Å². The second kappa shape index (κ2) is 8.73. The molecule has 4 rings (SSSR count). The van der Waals surface area contributed by atoms with Gasteiger partial charge in [-0.2, -0.15) is 0 Å². The molecule has 0 amide bonds. The zero-order valence-electron chi connectivity index (χ0n) is 17.0. The number of sulfonamides is 1. The van der Waals surface area contributed by atoms with Crippen LogP contribution in [0.25, 0.3) is 11.0 Å². The first-order chi connectivity index (χ1) is 15.3. The van der Waals surface area contributed by atoms with Crippen LogP contribution in [-0.2, 0) is 10.0 Å². The van der Waals surface area contributed by atoms with Crippen molar-refractivity contribution in [2.75, 3.05) is 33.8 Å². The van der Waals surface area contributed by atoms with Gasteiger partial charge in [-0.1, -0.05) is 6.92 Å². The molecule has 13 heteroatoms. The van der Waals surface area contributed by atoms with Gasteiger partial charge < -0.3 is 10.2 Å². The fourth-order valence-corrected chi connectivity index (χ4v) is 4.47. The predicted molar refractivity (Wildman–Crippen MR) is 114 cm³/mol. The number of hydrogen-bond acceptors (Lipinski definition) is 8. The quantitative estimate of drug-likeness (QED) is 0.545. The average molecular weight is 467 g/mol. The van der Waals surface area contributed by atoms with Crippen LogP contribution in [0.3, 0.4) is 0 Å². The Hall–Kier alpha value is -3.22. The van der Waals surface area contributed by atoms with Crippen LogP contribution in [0, 0.1) is 11.6 Å². The van der Waals surface area contributed by atoms with E-state index >= 15 is 4.39 Å². The number of nitrogens with zero attached hydrogens (tertiary/aromatic N) is 5. The number of anilines is 4. The smallest absolute Gasteiger partial charge is 0.232 e. The number of alkyl halides is 1. The molecule has 3 heterocycles. The predicted octanol–water partition coefficient (Wildman–Crippen LogP) is 3.14. The molecule has 0 aliphatic carbocycles. The molecule has 1 aromatic carbocycles. The normalized spacial score (nSPS) is 16.5. The summed E-state index contributed by atoms with van der Waals surface area (Å²) in [5.74, 6) is -2.06. The minimum absolute atomic E-state index is 0.0130. The summed E-state index contributed by atoms with van der Waals surface area (Å²) in [5.41, 5.74) is -0.521. The number of aromatic nitrogens is 4. The minimum Gasteiger partial charge on any atom is -0.338 e. The Balaban J connectivity index is 1.71. The number of benzene rings is 1. The van der Waals surface area contributed by atoms with Crippen molar-refractivity contribution in [3.05, 3.63) is 36.3 Å². The highest BCUT2D eigenvalue weighted by molar-refractivity contribution is 7.92.